The van der Waals surface area contributed by atoms with Crippen molar-refractivity contribution in [2.75, 3.05) is 5.32 Å². The third-order valence-electron chi connectivity index (χ3n) is 5.53. The van der Waals surface area contributed by atoms with E-state index in [9.17, 15) is 14.4 Å². The van der Waals surface area contributed by atoms with Crippen LogP contribution in [0.3, 0.4) is 0 Å². The molecule has 7 heteroatoms. The SMILES string of the molecule is Cc1c(C(=O)OC(C)C)sc(NC(=O)[C@H]2C[C@H]3CC[C@H]2C3)c1C(=O)OC(C)C. The van der Waals surface area contributed by atoms with Crippen LogP contribution in [0.5, 0.6) is 0 Å². The number of fused-ring (bicyclic) bond motifs is 2. The number of hydrogen-bond acceptors (Lipinski definition) is 6. The fourth-order valence-electron chi connectivity index (χ4n) is 4.35. The minimum absolute atomic E-state index is 0.0128. The van der Waals surface area contributed by atoms with Crippen molar-refractivity contribution < 1.29 is 23.9 Å². The predicted octanol–water partition coefficient (Wildman–Crippen LogP) is 4.56. The molecule has 0 spiro atoms. The molecule has 1 aromatic heterocycles. The molecule has 2 aliphatic carbocycles. The number of esters is 2. The second-order valence-electron chi connectivity index (χ2n) is 8.44. The largest absolute Gasteiger partial charge is 0.459 e. The van der Waals surface area contributed by atoms with Gasteiger partial charge in [0.05, 0.1) is 17.8 Å². The highest BCUT2D eigenvalue weighted by molar-refractivity contribution is 7.18. The smallest absolute Gasteiger partial charge is 0.348 e. The first-order chi connectivity index (χ1) is 13.2. The van der Waals surface area contributed by atoms with E-state index in [4.69, 9.17) is 9.47 Å². The van der Waals surface area contributed by atoms with Crippen molar-refractivity contribution in [1.29, 1.82) is 0 Å². The molecule has 0 radical (unpaired) electrons. The Balaban J connectivity index is 1.88. The molecular formula is C21H29NO5S. The molecule has 154 valence electrons. The van der Waals surface area contributed by atoms with Gasteiger partial charge in [0, 0.05) is 5.92 Å². The summed E-state index contributed by atoms with van der Waals surface area (Å²) in [4.78, 5) is 38.3. The van der Waals surface area contributed by atoms with Crippen LogP contribution in [0.25, 0.3) is 0 Å². The van der Waals surface area contributed by atoms with Crippen LogP contribution in [0.15, 0.2) is 0 Å². The number of ether oxygens (including phenoxy) is 2. The highest BCUT2D eigenvalue weighted by atomic mass is 32.1. The molecule has 2 saturated carbocycles. The van der Waals surface area contributed by atoms with Gasteiger partial charge in [-0.2, -0.15) is 0 Å². The Morgan fingerprint density at radius 2 is 1.64 bits per heavy atom. The minimum atomic E-state index is -0.532. The highest BCUT2D eigenvalue weighted by Gasteiger charge is 2.43. The standard InChI is InChI=1S/C21H29NO5S/c1-10(2)26-20(24)16-12(5)17(21(25)27-11(3)4)28-19(16)22-18(23)15-9-13-6-7-14(15)8-13/h10-11,13-15H,6-9H2,1-5H3,(H,22,23)/t13-,14-,15-/m0/s1. The van der Waals surface area contributed by atoms with Gasteiger partial charge in [-0.25, -0.2) is 9.59 Å². The summed E-state index contributed by atoms with van der Waals surface area (Å²) >= 11 is 1.09. The lowest BCUT2D eigenvalue weighted by atomic mass is 9.88. The van der Waals surface area contributed by atoms with Crippen LogP contribution in [0.4, 0.5) is 5.00 Å². The van der Waals surface area contributed by atoms with E-state index in [1.165, 1.54) is 6.42 Å². The Hall–Kier alpha value is -1.89. The number of hydrogen-bond donors (Lipinski definition) is 1. The van der Waals surface area contributed by atoms with Gasteiger partial charge in [0.1, 0.15) is 9.88 Å². The lowest BCUT2D eigenvalue weighted by molar-refractivity contribution is -0.121. The molecule has 2 bridgehead atoms. The average Bonchev–Trinajstić information content (AvgIpc) is 3.27. The predicted molar refractivity (Wildman–Crippen MR) is 108 cm³/mol. The zero-order valence-corrected chi connectivity index (χ0v) is 18.0. The van der Waals surface area contributed by atoms with Gasteiger partial charge in [0.2, 0.25) is 5.91 Å². The summed E-state index contributed by atoms with van der Waals surface area (Å²) in [6.45, 7) is 8.76. The van der Waals surface area contributed by atoms with Crippen molar-refractivity contribution >= 4 is 34.2 Å². The second kappa shape index (κ2) is 8.23. The molecule has 0 saturated heterocycles. The molecule has 1 N–H and O–H groups in total. The van der Waals surface area contributed by atoms with Gasteiger partial charge in [-0.1, -0.05) is 6.42 Å². The summed E-state index contributed by atoms with van der Waals surface area (Å²) in [6.07, 6.45) is 3.77. The summed E-state index contributed by atoms with van der Waals surface area (Å²) in [6, 6.07) is 0. The van der Waals surface area contributed by atoms with Crippen LogP contribution in [0.1, 0.15) is 79.0 Å². The summed E-state index contributed by atoms with van der Waals surface area (Å²) in [5.41, 5.74) is 0.746. The molecule has 6 nitrogen and oxygen atoms in total. The lowest BCUT2D eigenvalue weighted by Crippen LogP contribution is -2.27. The summed E-state index contributed by atoms with van der Waals surface area (Å²) in [5, 5.41) is 3.31. The van der Waals surface area contributed by atoms with E-state index in [0.717, 1.165) is 30.6 Å². The summed E-state index contributed by atoms with van der Waals surface area (Å²) < 4.78 is 10.7. The van der Waals surface area contributed by atoms with E-state index in [1.807, 2.05) is 0 Å². The Kier molecular flexibility index (Phi) is 6.12. The maximum absolute atomic E-state index is 12.9. The van der Waals surface area contributed by atoms with Crippen molar-refractivity contribution in [2.24, 2.45) is 17.8 Å². The van der Waals surface area contributed by atoms with E-state index >= 15 is 0 Å². The Labute approximate surface area is 170 Å². The van der Waals surface area contributed by atoms with Gasteiger partial charge >= 0.3 is 11.9 Å². The van der Waals surface area contributed by atoms with Crippen molar-refractivity contribution in [1.82, 2.24) is 0 Å². The first-order valence-corrected chi connectivity index (χ1v) is 10.8. The van der Waals surface area contributed by atoms with Crippen molar-refractivity contribution in [3.63, 3.8) is 0 Å². The van der Waals surface area contributed by atoms with E-state index in [2.05, 4.69) is 5.32 Å². The molecule has 1 amide bonds. The molecule has 1 aromatic rings. The number of thiophene rings is 1. The van der Waals surface area contributed by atoms with Gasteiger partial charge in [-0.3, -0.25) is 4.79 Å². The van der Waals surface area contributed by atoms with E-state index in [0.29, 0.717) is 27.3 Å². The molecule has 28 heavy (non-hydrogen) atoms. The molecule has 0 aliphatic heterocycles. The van der Waals surface area contributed by atoms with Crippen LogP contribution in [0.2, 0.25) is 0 Å². The Morgan fingerprint density at radius 1 is 1.00 bits per heavy atom. The number of nitrogens with one attached hydrogen (secondary N) is 1. The molecule has 0 aromatic carbocycles. The van der Waals surface area contributed by atoms with Crippen LogP contribution in [-0.4, -0.2) is 30.1 Å². The topological polar surface area (TPSA) is 81.7 Å². The van der Waals surface area contributed by atoms with Crippen LogP contribution >= 0.6 is 11.3 Å². The minimum Gasteiger partial charge on any atom is -0.459 e. The van der Waals surface area contributed by atoms with Gasteiger partial charge in [0.25, 0.3) is 0 Å². The molecule has 2 aliphatic rings. The maximum Gasteiger partial charge on any atom is 0.348 e. The van der Waals surface area contributed by atoms with E-state index in [-0.39, 0.29) is 29.6 Å². The first kappa shape index (κ1) is 20.8. The van der Waals surface area contributed by atoms with Crippen molar-refractivity contribution in [3.8, 4) is 0 Å². The number of rotatable bonds is 6. The lowest BCUT2D eigenvalue weighted by Gasteiger charge is -2.20. The molecular weight excluding hydrogens is 378 g/mol. The molecule has 2 fully saturated rings. The van der Waals surface area contributed by atoms with Crippen LogP contribution in [-0.2, 0) is 14.3 Å². The number of anilines is 1. The zero-order valence-electron chi connectivity index (χ0n) is 17.2. The number of carbonyl (C=O) groups excluding carboxylic acids is 3. The fourth-order valence-corrected chi connectivity index (χ4v) is 5.43. The third kappa shape index (κ3) is 4.24. The second-order valence-corrected chi connectivity index (χ2v) is 9.46. The average molecular weight is 408 g/mol. The molecule has 1 heterocycles. The Bertz CT molecular complexity index is 782. The number of carbonyl (C=O) groups is 3. The third-order valence-corrected chi connectivity index (χ3v) is 6.72. The van der Waals surface area contributed by atoms with Crippen LogP contribution < -0.4 is 5.32 Å². The maximum atomic E-state index is 12.9. The number of amides is 1. The normalized spacial score (nSPS) is 23.3. The van der Waals surface area contributed by atoms with Gasteiger partial charge in [-0.15, -0.1) is 11.3 Å². The highest BCUT2D eigenvalue weighted by Crippen LogP contribution is 2.49. The Morgan fingerprint density at radius 3 is 2.18 bits per heavy atom. The monoisotopic (exact) mass is 407 g/mol. The summed E-state index contributed by atoms with van der Waals surface area (Å²) in [5.74, 6) is -0.0144. The van der Waals surface area contributed by atoms with Gasteiger partial charge in [-0.05, 0) is 71.3 Å². The van der Waals surface area contributed by atoms with Crippen LogP contribution in [0, 0.1) is 24.7 Å². The molecule has 0 unspecified atom stereocenters. The van der Waals surface area contributed by atoms with E-state index < -0.39 is 11.9 Å². The summed E-state index contributed by atoms with van der Waals surface area (Å²) in [7, 11) is 0. The van der Waals surface area contributed by atoms with E-state index in [1.54, 1.807) is 34.6 Å². The quantitative estimate of drug-likeness (QED) is 0.699. The van der Waals surface area contributed by atoms with Crippen molar-refractivity contribution in [2.45, 2.75) is 72.5 Å². The van der Waals surface area contributed by atoms with Gasteiger partial charge in [0.15, 0.2) is 0 Å². The molecule has 3 atom stereocenters. The van der Waals surface area contributed by atoms with Crippen molar-refractivity contribution in [3.05, 3.63) is 16.0 Å². The molecule has 3 rings (SSSR count). The first-order valence-electron chi connectivity index (χ1n) is 10.0. The zero-order chi connectivity index (χ0) is 20.6. The van der Waals surface area contributed by atoms with Gasteiger partial charge < -0.3 is 14.8 Å². The fraction of sp³-hybridized carbons (Fsp3) is 0.667.